The van der Waals surface area contributed by atoms with Gasteiger partial charge in [0.1, 0.15) is 6.04 Å². The Kier molecular flexibility index (Phi) is 6.18. The molecule has 3 atom stereocenters. The molecule has 0 bridgehead atoms. The monoisotopic (exact) mass is 279 g/mol. The SMILES string of the molecule is CC[C@@H](C)[C@H](NC(=O)[C@@H](OC)c1ccccc1)C(=O)O. The van der Waals surface area contributed by atoms with Crippen molar-refractivity contribution < 1.29 is 19.4 Å². The van der Waals surface area contributed by atoms with Crippen LogP contribution >= 0.6 is 0 Å². The Morgan fingerprint density at radius 2 is 1.90 bits per heavy atom. The molecule has 0 aliphatic rings. The number of carbonyl (C=O) groups excluding carboxylic acids is 1. The number of carboxylic acid groups (broad SMARTS) is 1. The molecular formula is C15H21NO4. The smallest absolute Gasteiger partial charge is 0.326 e. The highest BCUT2D eigenvalue weighted by molar-refractivity contribution is 5.87. The number of amides is 1. The van der Waals surface area contributed by atoms with E-state index in [1.807, 2.05) is 13.0 Å². The number of aliphatic carboxylic acids is 1. The summed E-state index contributed by atoms with van der Waals surface area (Å²) in [4.78, 5) is 23.4. The minimum atomic E-state index is -1.03. The fourth-order valence-electron chi connectivity index (χ4n) is 1.93. The first-order valence-electron chi connectivity index (χ1n) is 6.62. The normalized spacial score (nSPS) is 15.2. The standard InChI is InChI=1S/C15H21NO4/c1-4-10(2)12(15(18)19)16-14(17)13(20-3)11-8-6-5-7-9-11/h5-10,12-13H,4H2,1-3H3,(H,16,17)(H,18,19)/t10-,12+,13+/m1/s1. The lowest BCUT2D eigenvalue weighted by Gasteiger charge is -2.23. The maximum absolute atomic E-state index is 12.2. The van der Waals surface area contributed by atoms with Crippen molar-refractivity contribution in [2.24, 2.45) is 5.92 Å². The Balaban J connectivity index is 2.84. The minimum absolute atomic E-state index is 0.148. The van der Waals surface area contributed by atoms with E-state index in [2.05, 4.69) is 5.32 Å². The molecule has 0 unspecified atom stereocenters. The van der Waals surface area contributed by atoms with Crippen LogP contribution in [0.25, 0.3) is 0 Å². The molecule has 5 heteroatoms. The van der Waals surface area contributed by atoms with Crippen molar-refractivity contribution in [1.29, 1.82) is 0 Å². The number of carbonyl (C=O) groups is 2. The fourth-order valence-corrected chi connectivity index (χ4v) is 1.93. The first kappa shape index (κ1) is 16.2. The molecule has 1 rings (SSSR count). The predicted octanol–water partition coefficient (Wildman–Crippen LogP) is 1.99. The average Bonchev–Trinajstić information content (AvgIpc) is 2.45. The quantitative estimate of drug-likeness (QED) is 0.800. The Labute approximate surface area is 118 Å². The molecule has 0 aliphatic heterocycles. The molecule has 1 aromatic carbocycles. The van der Waals surface area contributed by atoms with Crippen molar-refractivity contribution in [3.05, 3.63) is 35.9 Å². The van der Waals surface area contributed by atoms with Crippen molar-refractivity contribution in [3.8, 4) is 0 Å². The molecule has 1 aromatic rings. The second kappa shape index (κ2) is 7.65. The lowest BCUT2D eigenvalue weighted by atomic mass is 9.98. The van der Waals surface area contributed by atoms with Crippen LogP contribution in [-0.2, 0) is 14.3 Å². The van der Waals surface area contributed by atoms with Gasteiger partial charge in [-0.25, -0.2) is 4.79 Å². The summed E-state index contributed by atoms with van der Waals surface area (Å²) in [5, 5.41) is 11.7. The number of carboxylic acids is 1. The Morgan fingerprint density at radius 3 is 2.35 bits per heavy atom. The summed E-state index contributed by atoms with van der Waals surface area (Å²) in [7, 11) is 1.43. The summed E-state index contributed by atoms with van der Waals surface area (Å²) in [6.45, 7) is 3.68. The summed E-state index contributed by atoms with van der Waals surface area (Å²) in [5.74, 6) is -1.62. The van der Waals surface area contributed by atoms with Crippen LogP contribution in [0.3, 0.4) is 0 Å². The fraction of sp³-hybridized carbons (Fsp3) is 0.467. The highest BCUT2D eigenvalue weighted by Gasteiger charge is 2.29. The Hall–Kier alpha value is -1.88. The molecule has 0 saturated carbocycles. The van der Waals surface area contributed by atoms with Crippen molar-refractivity contribution in [2.75, 3.05) is 7.11 Å². The molecule has 0 fully saturated rings. The van der Waals surface area contributed by atoms with E-state index in [1.165, 1.54) is 7.11 Å². The van der Waals surface area contributed by atoms with Gasteiger partial charge < -0.3 is 15.2 Å². The van der Waals surface area contributed by atoms with Gasteiger partial charge in [-0.2, -0.15) is 0 Å². The van der Waals surface area contributed by atoms with Crippen LogP contribution in [0, 0.1) is 5.92 Å². The van der Waals surface area contributed by atoms with Crippen LogP contribution in [0.15, 0.2) is 30.3 Å². The molecule has 2 N–H and O–H groups in total. The molecule has 0 aromatic heterocycles. The minimum Gasteiger partial charge on any atom is -0.480 e. The first-order chi connectivity index (χ1) is 9.51. The molecule has 0 aliphatic carbocycles. The first-order valence-corrected chi connectivity index (χ1v) is 6.62. The Bertz CT molecular complexity index is 446. The van der Waals surface area contributed by atoms with E-state index in [-0.39, 0.29) is 5.92 Å². The van der Waals surface area contributed by atoms with Gasteiger partial charge in [0, 0.05) is 7.11 Å². The molecule has 20 heavy (non-hydrogen) atoms. The van der Waals surface area contributed by atoms with Crippen LogP contribution in [0.2, 0.25) is 0 Å². The topological polar surface area (TPSA) is 75.6 Å². The number of hydrogen-bond donors (Lipinski definition) is 2. The zero-order chi connectivity index (χ0) is 15.1. The molecule has 1 amide bonds. The van der Waals surface area contributed by atoms with Crippen LogP contribution in [0.1, 0.15) is 31.9 Å². The van der Waals surface area contributed by atoms with E-state index >= 15 is 0 Å². The lowest BCUT2D eigenvalue weighted by molar-refractivity contribution is -0.145. The molecule has 0 saturated heterocycles. The van der Waals surface area contributed by atoms with Crippen molar-refractivity contribution in [2.45, 2.75) is 32.4 Å². The number of ether oxygens (including phenoxy) is 1. The largest absolute Gasteiger partial charge is 0.480 e. The number of nitrogens with one attached hydrogen (secondary N) is 1. The van der Waals surface area contributed by atoms with E-state index in [0.29, 0.717) is 12.0 Å². The van der Waals surface area contributed by atoms with Crippen molar-refractivity contribution in [3.63, 3.8) is 0 Å². The number of hydrogen-bond acceptors (Lipinski definition) is 3. The van der Waals surface area contributed by atoms with Crippen LogP contribution in [0.5, 0.6) is 0 Å². The van der Waals surface area contributed by atoms with Crippen molar-refractivity contribution in [1.82, 2.24) is 5.32 Å². The summed E-state index contributed by atoms with van der Waals surface area (Å²) in [6, 6.07) is 8.08. The number of benzene rings is 1. The molecular weight excluding hydrogens is 258 g/mol. The maximum Gasteiger partial charge on any atom is 0.326 e. The summed E-state index contributed by atoms with van der Waals surface area (Å²) >= 11 is 0. The van der Waals surface area contributed by atoms with Gasteiger partial charge in [-0.05, 0) is 11.5 Å². The van der Waals surface area contributed by atoms with Crippen LogP contribution < -0.4 is 5.32 Å². The van der Waals surface area contributed by atoms with Gasteiger partial charge in [-0.3, -0.25) is 4.79 Å². The van der Waals surface area contributed by atoms with E-state index < -0.39 is 24.0 Å². The zero-order valence-corrected chi connectivity index (χ0v) is 12.0. The van der Waals surface area contributed by atoms with Gasteiger partial charge in [0.2, 0.25) is 0 Å². The summed E-state index contributed by atoms with van der Waals surface area (Å²) < 4.78 is 5.19. The molecule has 110 valence electrons. The van der Waals surface area contributed by atoms with Crippen LogP contribution in [-0.4, -0.2) is 30.1 Å². The molecule has 0 radical (unpaired) electrons. The van der Waals surface area contributed by atoms with Gasteiger partial charge in [0.05, 0.1) is 0 Å². The van der Waals surface area contributed by atoms with E-state index in [9.17, 15) is 14.7 Å². The van der Waals surface area contributed by atoms with Gasteiger partial charge in [-0.1, -0.05) is 50.6 Å². The highest BCUT2D eigenvalue weighted by Crippen LogP contribution is 2.17. The van der Waals surface area contributed by atoms with Gasteiger partial charge in [0.25, 0.3) is 5.91 Å². The zero-order valence-electron chi connectivity index (χ0n) is 12.0. The predicted molar refractivity (Wildman–Crippen MR) is 75.2 cm³/mol. The third kappa shape index (κ3) is 4.06. The van der Waals surface area contributed by atoms with E-state index in [4.69, 9.17) is 4.74 Å². The average molecular weight is 279 g/mol. The third-order valence-electron chi connectivity index (χ3n) is 3.35. The second-order valence-corrected chi connectivity index (χ2v) is 4.74. The number of methoxy groups -OCH3 is 1. The number of rotatable bonds is 7. The van der Waals surface area contributed by atoms with Gasteiger partial charge in [0.15, 0.2) is 6.10 Å². The summed E-state index contributed by atoms with van der Waals surface area (Å²) in [5.41, 5.74) is 0.695. The molecule has 5 nitrogen and oxygen atoms in total. The van der Waals surface area contributed by atoms with Crippen LogP contribution in [0.4, 0.5) is 0 Å². The third-order valence-corrected chi connectivity index (χ3v) is 3.35. The molecule has 0 heterocycles. The van der Waals surface area contributed by atoms with Crippen molar-refractivity contribution >= 4 is 11.9 Å². The van der Waals surface area contributed by atoms with Gasteiger partial charge >= 0.3 is 5.97 Å². The van der Waals surface area contributed by atoms with E-state index in [1.54, 1.807) is 31.2 Å². The Morgan fingerprint density at radius 1 is 1.30 bits per heavy atom. The molecule has 0 spiro atoms. The lowest BCUT2D eigenvalue weighted by Crippen LogP contribution is -2.47. The highest BCUT2D eigenvalue weighted by atomic mass is 16.5. The second-order valence-electron chi connectivity index (χ2n) is 4.74. The maximum atomic E-state index is 12.2. The van der Waals surface area contributed by atoms with E-state index in [0.717, 1.165) is 0 Å². The summed E-state index contributed by atoms with van der Waals surface area (Å²) in [6.07, 6.45) is -0.137. The van der Waals surface area contributed by atoms with Gasteiger partial charge in [-0.15, -0.1) is 0 Å².